The van der Waals surface area contributed by atoms with Crippen molar-refractivity contribution in [2.45, 2.75) is 72.6 Å². The van der Waals surface area contributed by atoms with Gasteiger partial charge in [0, 0.05) is 6.42 Å². The van der Waals surface area contributed by atoms with Crippen LogP contribution in [0.5, 0.6) is 0 Å². The Labute approximate surface area is 136 Å². The summed E-state index contributed by atoms with van der Waals surface area (Å²) in [7, 11) is 0. The first-order valence-electron chi connectivity index (χ1n) is 9.05. The number of hydrogen-bond donors (Lipinski definition) is 0. The van der Waals surface area contributed by atoms with E-state index < -0.39 is 0 Å². The Kier molecular flexibility index (Phi) is 4.03. The number of furan rings is 1. The molecule has 1 nitrogen and oxygen atoms in total. The number of fused-ring (bicyclic) bond motifs is 1. The van der Waals surface area contributed by atoms with Crippen molar-refractivity contribution < 1.29 is 4.42 Å². The molecule has 1 aromatic heterocycles. The van der Waals surface area contributed by atoms with E-state index in [0.29, 0.717) is 16.7 Å². The summed E-state index contributed by atoms with van der Waals surface area (Å²) in [6.07, 6.45) is 10.8. The van der Waals surface area contributed by atoms with Crippen LogP contribution in [-0.4, -0.2) is 0 Å². The fraction of sp³-hybridized carbons (Fsp3) is 0.714. The van der Waals surface area contributed by atoms with Gasteiger partial charge in [-0.25, -0.2) is 0 Å². The minimum absolute atomic E-state index is 0.442. The van der Waals surface area contributed by atoms with Gasteiger partial charge in [-0.15, -0.1) is 0 Å². The predicted octanol–water partition coefficient (Wildman–Crippen LogP) is 6.32. The van der Waals surface area contributed by atoms with Gasteiger partial charge in [0.2, 0.25) is 0 Å². The monoisotopic (exact) mass is 300 g/mol. The topological polar surface area (TPSA) is 13.1 Å². The molecule has 3 unspecified atom stereocenters. The summed E-state index contributed by atoms with van der Waals surface area (Å²) >= 11 is 0. The van der Waals surface area contributed by atoms with Crippen LogP contribution in [0.1, 0.15) is 70.6 Å². The molecule has 3 atom stereocenters. The fourth-order valence-electron chi connectivity index (χ4n) is 5.74. The maximum absolute atomic E-state index is 5.67. The van der Waals surface area contributed by atoms with Crippen molar-refractivity contribution in [1.82, 2.24) is 0 Å². The van der Waals surface area contributed by atoms with Crippen molar-refractivity contribution in [3.05, 3.63) is 35.8 Å². The molecule has 0 bridgehead atoms. The van der Waals surface area contributed by atoms with Crippen LogP contribution >= 0.6 is 0 Å². The van der Waals surface area contributed by atoms with E-state index in [-0.39, 0.29) is 0 Å². The summed E-state index contributed by atoms with van der Waals surface area (Å²) in [4.78, 5) is 0. The van der Waals surface area contributed by atoms with Crippen LogP contribution in [0.3, 0.4) is 0 Å². The quantitative estimate of drug-likeness (QED) is 0.595. The van der Waals surface area contributed by atoms with Gasteiger partial charge in [-0.05, 0) is 73.3 Å². The van der Waals surface area contributed by atoms with Crippen LogP contribution in [-0.2, 0) is 6.42 Å². The van der Waals surface area contributed by atoms with Crippen LogP contribution < -0.4 is 0 Å². The number of allylic oxidation sites excluding steroid dienone is 1. The predicted molar refractivity (Wildman–Crippen MR) is 92.9 cm³/mol. The molecule has 2 aliphatic carbocycles. The third kappa shape index (κ3) is 2.57. The second-order valence-corrected chi connectivity index (χ2v) is 8.72. The SMILES string of the molecule is C=C1CCC2C(C)(C)CCCC2(C)C1CCc1occc1C. The zero-order valence-corrected chi connectivity index (χ0v) is 14.9. The highest BCUT2D eigenvalue weighted by atomic mass is 16.3. The molecule has 1 heterocycles. The molecule has 0 saturated heterocycles. The Morgan fingerprint density at radius 3 is 2.73 bits per heavy atom. The molecule has 0 aliphatic heterocycles. The van der Waals surface area contributed by atoms with Crippen molar-refractivity contribution in [3.8, 4) is 0 Å². The van der Waals surface area contributed by atoms with Crippen LogP contribution in [0, 0.1) is 29.6 Å². The molecule has 1 aromatic rings. The van der Waals surface area contributed by atoms with Crippen LogP contribution in [0.2, 0.25) is 0 Å². The first-order chi connectivity index (χ1) is 10.3. The lowest BCUT2D eigenvalue weighted by Crippen LogP contribution is -2.49. The van der Waals surface area contributed by atoms with Gasteiger partial charge in [0.15, 0.2) is 0 Å². The molecule has 1 heteroatoms. The lowest BCUT2D eigenvalue weighted by atomic mass is 9.47. The van der Waals surface area contributed by atoms with Gasteiger partial charge in [-0.2, -0.15) is 0 Å². The Morgan fingerprint density at radius 2 is 2.05 bits per heavy atom. The van der Waals surface area contributed by atoms with Gasteiger partial charge >= 0.3 is 0 Å². The second kappa shape index (κ2) is 5.58. The lowest BCUT2D eigenvalue weighted by molar-refractivity contribution is -0.0541. The van der Waals surface area contributed by atoms with Crippen LogP contribution in [0.4, 0.5) is 0 Å². The van der Waals surface area contributed by atoms with E-state index in [1.165, 1.54) is 55.4 Å². The summed E-state index contributed by atoms with van der Waals surface area (Å²) in [6, 6.07) is 2.08. The van der Waals surface area contributed by atoms with Crippen molar-refractivity contribution in [2.75, 3.05) is 0 Å². The first-order valence-corrected chi connectivity index (χ1v) is 9.05. The van der Waals surface area contributed by atoms with E-state index in [1.54, 1.807) is 0 Å². The zero-order chi connectivity index (χ0) is 16.0. The van der Waals surface area contributed by atoms with Gasteiger partial charge in [0.05, 0.1) is 6.26 Å². The molecule has 3 rings (SSSR count). The smallest absolute Gasteiger partial charge is 0.106 e. The van der Waals surface area contributed by atoms with Crippen molar-refractivity contribution in [2.24, 2.45) is 22.7 Å². The Hall–Kier alpha value is -0.980. The summed E-state index contributed by atoms with van der Waals surface area (Å²) in [5.41, 5.74) is 3.73. The third-order valence-corrected chi connectivity index (χ3v) is 6.95. The first kappa shape index (κ1) is 15.9. The minimum Gasteiger partial charge on any atom is -0.469 e. The molecular formula is C21H32O. The van der Waals surface area contributed by atoms with Crippen molar-refractivity contribution >= 4 is 0 Å². The highest BCUT2D eigenvalue weighted by molar-refractivity contribution is 5.18. The Balaban J connectivity index is 1.81. The lowest BCUT2D eigenvalue weighted by Gasteiger charge is -2.58. The molecule has 2 saturated carbocycles. The normalized spacial score (nSPS) is 34.5. The molecule has 2 fully saturated rings. The average molecular weight is 300 g/mol. The largest absolute Gasteiger partial charge is 0.469 e. The number of hydrogen-bond acceptors (Lipinski definition) is 1. The van der Waals surface area contributed by atoms with Crippen molar-refractivity contribution in [3.63, 3.8) is 0 Å². The van der Waals surface area contributed by atoms with Crippen molar-refractivity contribution in [1.29, 1.82) is 0 Å². The van der Waals surface area contributed by atoms with E-state index in [9.17, 15) is 0 Å². The summed E-state index contributed by atoms with van der Waals surface area (Å²) in [6.45, 7) is 14.2. The molecule has 22 heavy (non-hydrogen) atoms. The van der Waals surface area contributed by atoms with Gasteiger partial charge in [-0.3, -0.25) is 0 Å². The number of aryl methyl sites for hydroxylation is 2. The molecule has 0 N–H and O–H groups in total. The maximum Gasteiger partial charge on any atom is 0.106 e. The Morgan fingerprint density at radius 1 is 1.27 bits per heavy atom. The molecule has 0 aromatic carbocycles. The molecule has 0 spiro atoms. The fourth-order valence-corrected chi connectivity index (χ4v) is 5.74. The summed E-state index contributed by atoms with van der Waals surface area (Å²) < 4.78 is 5.67. The highest BCUT2D eigenvalue weighted by Crippen LogP contribution is 2.61. The van der Waals surface area contributed by atoms with Gasteiger partial charge in [0.25, 0.3) is 0 Å². The van der Waals surface area contributed by atoms with E-state index in [1.807, 2.05) is 6.26 Å². The van der Waals surface area contributed by atoms with E-state index in [0.717, 1.165) is 12.3 Å². The second-order valence-electron chi connectivity index (χ2n) is 8.72. The third-order valence-electron chi connectivity index (χ3n) is 6.95. The van der Waals surface area contributed by atoms with Gasteiger partial charge < -0.3 is 4.42 Å². The van der Waals surface area contributed by atoms with E-state index in [4.69, 9.17) is 4.42 Å². The van der Waals surface area contributed by atoms with Gasteiger partial charge in [0.1, 0.15) is 5.76 Å². The molecule has 2 aliphatic rings. The molecule has 0 radical (unpaired) electrons. The molecule has 0 amide bonds. The van der Waals surface area contributed by atoms with E-state index >= 15 is 0 Å². The highest BCUT2D eigenvalue weighted by Gasteiger charge is 2.52. The minimum atomic E-state index is 0.442. The average Bonchev–Trinajstić information content (AvgIpc) is 2.82. The van der Waals surface area contributed by atoms with Crippen LogP contribution in [0.15, 0.2) is 28.9 Å². The van der Waals surface area contributed by atoms with Gasteiger partial charge in [-0.1, -0.05) is 39.3 Å². The molecular weight excluding hydrogens is 268 g/mol. The number of rotatable bonds is 3. The Bertz CT molecular complexity index is 550. The standard InChI is InChI=1S/C21H32O/c1-15-7-10-19-20(3,4)12-6-13-21(19,5)17(15)8-9-18-16(2)11-14-22-18/h11,14,17,19H,1,6-10,12-13H2,2-5H3. The summed E-state index contributed by atoms with van der Waals surface area (Å²) in [5.74, 6) is 2.69. The molecule has 122 valence electrons. The summed E-state index contributed by atoms with van der Waals surface area (Å²) in [5, 5.41) is 0. The zero-order valence-electron chi connectivity index (χ0n) is 14.9. The van der Waals surface area contributed by atoms with Crippen LogP contribution in [0.25, 0.3) is 0 Å². The van der Waals surface area contributed by atoms with E-state index in [2.05, 4.69) is 40.3 Å². The maximum atomic E-state index is 5.67.